The summed E-state index contributed by atoms with van der Waals surface area (Å²) in [5.41, 5.74) is 6.09. The highest BCUT2D eigenvalue weighted by atomic mass is 16.1. The molecular formula is C10H16N2O. The molecule has 0 saturated heterocycles. The van der Waals surface area contributed by atoms with Crippen molar-refractivity contribution in [3.63, 3.8) is 0 Å². The summed E-state index contributed by atoms with van der Waals surface area (Å²) in [5, 5.41) is 0. The minimum absolute atomic E-state index is 0.00296. The summed E-state index contributed by atoms with van der Waals surface area (Å²) >= 11 is 0. The number of ketones is 1. The second-order valence-electron chi connectivity index (χ2n) is 3.86. The fourth-order valence-corrected chi connectivity index (χ4v) is 1.27. The maximum atomic E-state index is 11.3. The molecule has 0 aromatic rings. The van der Waals surface area contributed by atoms with E-state index in [0.29, 0.717) is 12.3 Å². The third-order valence-corrected chi connectivity index (χ3v) is 2.41. The topological polar surface area (TPSA) is 55.5 Å². The van der Waals surface area contributed by atoms with Crippen LogP contribution < -0.4 is 5.73 Å². The molecule has 3 heteroatoms. The molecule has 0 spiro atoms. The van der Waals surface area contributed by atoms with Gasteiger partial charge in [-0.3, -0.25) is 9.79 Å². The van der Waals surface area contributed by atoms with Crippen molar-refractivity contribution in [2.24, 2.45) is 16.6 Å². The Bertz CT molecular complexity index is 279. The lowest BCUT2D eigenvalue weighted by atomic mass is 9.85. The Balaban J connectivity index is 2.86. The fraction of sp³-hybridized carbons (Fsp3) is 0.600. The van der Waals surface area contributed by atoms with E-state index in [9.17, 15) is 4.79 Å². The van der Waals surface area contributed by atoms with Gasteiger partial charge in [-0.15, -0.1) is 0 Å². The lowest BCUT2D eigenvalue weighted by Gasteiger charge is -2.27. The maximum Gasteiger partial charge on any atom is 0.153 e. The van der Waals surface area contributed by atoms with E-state index in [1.807, 2.05) is 0 Å². The molecule has 1 aliphatic rings. The average Bonchev–Trinajstić information content (AvgIpc) is 2.04. The Morgan fingerprint density at radius 2 is 2.31 bits per heavy atom. The van der Waals surface area contributed by atoms with Gasteiger partial charge in [-0.05, 0) is 18.9 Å². The van der Waals surface area contributed by atoms with Gasteiger partial charge in [-0.25, -0.2) is 0 Å². The van der Waals surface area contributed by atoms with E-state index < -0.39 is 5.54 Å². The van der Waals surface area contributed by atoms with E-state index in [1.54, 1.807) is 12.3 Å². The summed E-state index contributed by atoms with van der Waals surface area (Å²) in [6.45, 7) is 5.63. The molecule has 1 atom stereocenters. The van der Waals surface area contributed by atoms with Gasteiger partial charge in [0.15, 0.2) is 5.78 Å². The van der Waals surface area contributed by atoms with Crippen LogP contribution in [0.4, 0.5) is 0 Å². The Labute approximate surface area is 78.7 Å². The molecule has 72 valence electrons. The van der Waals surface area contributed by atoms with Crippen molar-refractivity contribution in [2.45, 2.75) is 32.7 Å². The van der Waals surface area contributed by atoms with Crippen LogP contribution in [0.25, 0.3) is 0 Å². The molecule has 0 amide bonds. The molecule has 0 bridgehead atoms. The van der Waals surface area contributed by atoms with Crippen molar-refractivity contribution < 1.29 is 4.79 Å². The fourth-order valence-electron chi connectivity index (χ4n) is 1.27. The van der Waals surface area contributed by atoms with Crippen LogP contribution in [0.3, 0.4) is 0 Å². The zero-order valence-corrected chi connectivity index (χ0v) is 8.37. The highest BCUT2D eigenvalue weighted by molar-refractivity contribution is 5.98. The van der Waals surface area contributed by atoms with Gasteiger partial charge in [0, 0.05) is 18.3 Å². The summed E-state index contributed by atoms with van der Waals surface area (Å²) in [6, 6.07) is 0. The molecule has 1 unspecified atom stereocenters. The second-order valence-corrected chi connectivity index (χ2v) is 3.86. The molecule has 0 saturated carbocycles. The number of carbonyl (C=O) groups excluding carboxylic acids is 1. The lowest BCUT2D eigenvalue weighted by Crippen LogP contribution is -2.48. The van der Waals surface area contributed by atoms with Gasteiger partial charge in [-0.2, -0.15) is 0 Å². The number of carbonyl (C=O) groups is 1. The molecule has 1 heterocycles. The van der Waals surface area contributed by atoms with Crippen LogP contribution in [-0.2, 0) is 4.79 Å². The van der Waals surface area contributed by atoms with Crippen molar-refractivity contribution in [1.82, 2.24) is 0 Å². The molecular weight excluding hydrogens is 164 g/mol. The van der Waals surface area contributed by atoms with E-state index in [2.05, 4.69) is 18.8 Å². The predicted molar refractivity (Wildman–Crippen MR) is 53.6 cm³/mol. The van der Waals surface area contributed by atoms with Crippen LogP contribution in [0.5, 0.6) is 0 Å². The quantitative estimate of drug-likeness (QED) is 0.696. The van der Waals surface area contributed by atoms with Crippen LogP contribution in [0.2, 0.25) is 0 Å². The van der Waals surface area contributed by atoms with Gasteiger partial charge in [0.2, 0.25) is 0 Å². The van der Waals surface area contributed by atoms with E-state index in [-0.39, 0.29) is 5.78 Å². The number of hydrogen-bond donors (Lipinski definition) is 1. The molecule has 3 nitrogen and oxygen atoms in total. The molecule has 1 aliphatic heterocycles. The van der Waals surface area contributed by atoms with Gasteiger partial charge in [0.05, 0.1) is 0 Å². The molecule has 1 rings (SSSR count). The number of aliphatic imine (C=N–C) groups is 1. The standard InChI is InChI=1S/C10H16N2O/c1-7(2)9-6-10(11,8(3)13)4-5-12-9/h4-5,7H,6,11H2,1-3H3. The number of nitrogens with two attached hydrogens (primary N) is 1. The minimum atomic E-state index is -0.818. The van der Waals surface area contributed by atoms with Gasteiger partial charge in [0.25, 0.3) is 0 Å². The van der Waals surface area contributed by atoms with Gasteiger partial charge < -0.3 is 5.73 Å². The Morgan fingerprint density at radius 1 is 1.69 bits per heavy atom. The monoisotopic (exact) mass is 180 g/mol. The van der Waals surface area contributed by atoms with Crippen LogP contribution in [0.15, 0.2) is 17.3 Å². The molecule has 2 N–H and O–H groups in total. The molecule has 0 fully saturated rings. The van der Waals surface area contributed by atoms with Crippen molar-refractivity contribution in [1.29, 1.82) is 0 Å². The molecule has 0 radical (unpaired) electrons. The normalized spacial score (nSPS) is 27.6. The molecule has 0 aromatic heterocycles. The summed E-state index contributed by atoms with van der Waals surface area (Å²) in [7, 11) is 0. The van der Waals surface area contributed by atoms with Crippen molar-refractivity contribution in [3.8, 4) is 0 Å². The van der Waals surface area contributed by atoms with E-state index in [0.717, 1.165) is 5.71 Å². The minimum Gasteiger partial charge on any atom is -0.315 e. The smallest absolute Gasteiger partial charge is 0.153 e. The molecule has 13 heavy (non-hydrogen) atoms. The van der Waals surface area contributed by atoms with Crippen LogP contribution >= 0.6 is 0 Å². The summed E-state index contributed by atoms with van der Waals surface area (Å²) < 4.78 is 0. The van der Waals surface area contributed by atoms with Crippen LogP contribution in [0.1, 0.15) is 27.2 Å². The van der Waals surface area contributed by atoms with E-state index >= 15 is 0 Å². The predicted octanol–water partition coefficient (Wildman–Crippen LogP) is 1.29. The zero-order valence-electron chi connectivity index (χ0n) is 8.37. The molecule has 0 aromatic carbocycles. The first-order chi connectivity index (χ1) is 5.96. The van der Waals surface area contributed by atoms with Crippen LogP contribution in [-0.4, -0.2) is 17.0 Å². The average molecular weight is 180 g/mol. The van der Waals surface area contributed by atoms with E-state index in [1.165, 1.54) is 6.92 Å². The third-order valence-electron chi connectivity index (χ3n) is 2.41. The molecule has 0 aliphatic carbocycles. The Hall–Kier alpha value is -0.960. The summed E-state index contributed by atoms with van der Waals surface area (Å²) in [5.74, 6) is 0.351. The van der Waals surface area contributed by atoms with Crippen molar-refractivity contribution >= 4 is 11.5 Å². The Morgan fingerprint density at radius 3 is 2.77 bits per heavy atom. The highest BCUT2D eigenvalue weighted by Crippen LogP contribution is 2.19. The van der Waals surface area contributed by atoms with Crippen molar-refractivity contribution in [2.75, 3.05) is 0 Å². The third kappa shape index (κ3) is 2.04. The number of Topliss-reactive ketones (excluding diaryl/α,β-unsaturated/α-hetero) is 1. The first-order valence-electron chi connectivity index (χ1n) is 4.50. The maximum absolute atomic E-state index is 11.3. The number of hydrogen-bond acceptors (Lipinski definition) is 3. The number of nitrogens with zero attached hydrogens (tertiary/aromatic N) is 1. The van der Waals surface area contributed by atoms with Crippen LogP contribution in [0, 0.1) is 5.92 Å². The van der Waals surface area contributed by atoms with Gasteiger partial charge in [0.1, 0.15) is 5.54 Å². The van der Waals surface area contributed by atoms with Gasteiger partial charge in [-0.1, -0.05) is 13.8 Å². The second kappa shape index (κ2) is 3.42. The van der Waals surface area contributed by atoms with Gasteiger partial charge >= 0.3 is 0 Å². The first-order valence-corrected chi connectivity index (χ1v) is 4.50. The highest BCUT2D eigenvalue weighted by Gasteiger charge is 2.31. The lowest BCUT2D eigenvalue weighted by molar-refractivity contribution is -0.120. The number of rotatable bonds is 2. The summed E-state index contributed by atoms with van der Waals surface area (Å²) in [6.07, 6.45) is 3.87. The first kappa shape index (κ1) is 10.1. The van der Waals surface area contributed by atoms with E-state index in [4.69, 9.17) is 5.73 Å². The SMILES string of the molecule is CC(=O)C1(N)C=CN=C(C(C)C)C1. The van der Waals surface area contributed by atoms with Crippen molar-refractivity contribution in [3.05, 3.63) is 12.3 Å². The largest absolute Gasteiger partial charge is 0.315 e. The zero-order chi connectivity index (χ0) is 10.1. The summed E-state index contributed by atoms with van der Waals surface area (Å²) in [4.78, 5) is 15.5. The Kier molecular flexibility index (Phi) is 2.66.